The lowest BCUT2D eigenvalue weighted by atomic mass is 9.94. The molecule has 2 aromatic carbocycles. The summed E-state index contributed by atoms with van der Waals surface area (Å²) in [7, 11) is 0. The number of carbonyl (C=O) groups excluding carboxylic acids is 3. The van der Waals surface area contributed by atoms with Crippen molar-refractivity contribution >= 4 is 41.1 Å². The second-order valence-electron chi connectivity index (χ2n) is 7.63. The lowest BCUT2D eigenvalue weighted by molar-refractivity contribution is -0.159. The molecule has 0 radical (unpaired) electrons. The summed E-state index contributed by atoms with van der Waals surface area (Å²) >= 11 is 12.1. The minimum Gasteiger partial charge on any atom is -0.349 e. The van der Waals surface area contributed by atoms with Crippen LogP contribution < -0.4 is 5.32 Å². The molecule has 2 saturated heterocycles. The van der Waals surface area contributed by atoms with Gasteiger partial charge >= 0.3 is 6.09 Å². The van der Waals surface area contributed by atoms with E-state index in [1.54, 1.807) is 31.2 Å². The summed E-state index contributed by atoms with van der Waals surface area (Å²) < 4.78 is 0. The molecule has 0 aliphatic carbocycles. The molecule has 1 N–H and O–H groups in total. The highest BCUT2D eigenvalue weighted by Crippen LogP contribution is 2.34. The molecular weight excluding hydrogens is 455 g/mol. The van der Waals surface area contributed by atoms with Crippen molar-refractivity contribution in [1.29, 1.82) is 0 Å². The molecule has 0 saturated carbocycles. The van der Waals surface area contributed by atoms with Crippen molar-refractivity contribution in [2.75, 3.05) is 26.3 Å². The fourth-order valence-electron chi connectivity index (χ4n) is 3.91. The minimum atomic E-state index is -0.892. The Balaban J connectivity index is 1.63. The summed E-state index contributed by atoms with van der Waals surface area (Å²) in [5, 5.41) is 5.56. The largest absolute Gasteiger partial charge is 0.436 e. The van der Waals surface area contributed by atoms with Crippen LogP contribution in [0.3, 0.4) is 0 Å². The highest BCUT2D eigenvalue weighted by atomic mass is 35.5. The number of hydrogen-bond donors (Lipinski definition) is 1. The van der Waals surface area contributed by atoms with Crippen LogP contribution in [0, 0.1) is 0 Å². The third-order valence-corrected chi connectivity index (χ3v) is 6.03. The predicted octanol–water partition coefficient (Wildman–Crippen LogP) is 3.06. The molecular formula is C22H22Cl2N4O4. The first-order valence-corrected chi connectivity index (χ1v) is 10.9. The van der Waals surface area contributed by atoms with E-state index in [0.717, 1.165) is 16.0 Å². The molecule has 10 heteroatoms. The molecule has 0 bridgehead atoms. The van der Waals surface area contributed by atoms with Crippen LogP contribution in [0.5, 0.6) is 0 Å². The van der Waals surface area contributed by atoms with Crippen LogP contribution in [0.4, 0.5) is 4.79 Å². The van der Waals surface area contributed by atoms with Gasteiger partial charge in [0, 0.05) is 23.1 Å². The predicted molar refractivity (Wildman–Crippen MR) is 119 cm³/mol. The summed E-state index contributed by atoms with van der Waals surface area (Å²) in [6.07, 6.45) is -0.854. The maximum absolute atomic E-state index is 13.3. The summed E-state index contributed by atoms with van der Waals surface area (Å²) in [4.78, 5) is 46.6. The van der Waals surface area contributed by atoms with Gasteiger partial charge in [-0.15, -0.1) is 5.06 Å². The SMILES string of the molecule is CC1C(=O)N(C(=O)ON2CCNC2)CC(=O)N1C(c1ccc(Cl)cc1)c1ccc(Cl)cc1. The molecule has 2 aliphatic heterocycles. The number of imide groups is 1. The molecule has 1 unspecified atom stereocenters. The topological polar surface area (TPSA) is 82.2 Å². The van der Waals surface area contributed by atoms with Gasteiger partial charge in [-0.3, -0.25) is 9.59 Å². The van der Waals surface area contributed by atoms with Gasteiger partial charge in [-0.2, -0.15) is 0 Å². The van der Waals surface area contributed by atoms with Crippen LogP contribution in [0.25, 0.3) is 0 Å². The monoisotopic (exact) mass is 476 g/mol. The van der Waals surface area contributed by atoms with E-state index in [9.17, 15) is 14.4 Å². The lowest BCUT2D eigenvalue weighted by Gasteiger charge is -2.42. The van der Waals surface area contributed by atoms with E-state index >= 15 is 0 Å². The van der Waals surface area contributed by atoms with Gasteiger partial charge in [-0.25, -0.2) is 9.69 Å². The highest BCUT2D eigenvalue weighted by Gasteiger charge is 2.44. The Kier molecular flexibility index (Phi) is 6.66. The molecule has 0 spiro atoms. The minimum absolute atomic E-state index is 0.372. The van der Waals surface area contributed by atoms with Crippen molar-refractivity contribution < 1.29 is 19.2 Å². The molecule has 2 aliphatic rings. The molecule has 32 heavy (non-hydrogen) atoms. The van der Waals surface area contributed by atoms with Gasteiger partial charge in [0.15, 0.2) is 0 Å². The number of halogens is 2. The standard InChI is InChI=1S/C22H22Cl2N4O4/c1-14-21(30)27(22(31)32-26-11-10-25-13-26)12-19(29)28(14)20(15-2-6-17(23)7-3-15)16-4-8-18(24)9-5-16/h2-9,14,20,25H,10-13H2,1H3. The number of hydroxylamine groups is 2. The van der Waals surface area contributed by atoms with Crippen LogP contribution in [-0.4, -0.2) is 65.1 Å². The quantitative estimate of drug-likeness (QED) is 0.729. The second-order valence-corrected chi connectivity index (χ2v) is 8.50. The average Bonchev–Trinajstić information content (AvgIpc) is 3.28. The first-order valence-electron chi connectivity index (χ1n) is 10.2. The van der Waals surface area contributed by atoms with E-state index in [1.807, 2.05) is 24.3 Å². The van der Waals surface area contributed by atoms with Gasteiger partial charge in [-0.05, 0) is 42.3 Å². The Morgan fingerprint density at radius 1 is 1.03 bits per heavy atom. The molecule has 1 atom stereocenters. The van der Waals surface area contributed by atoms with Crippen LogP contribution in [0.1, 0.15) is 24.1 Å². The van der Waals surface area contributed by atoms with Crippen molar-refractivity contribution in [3.05, 3.63) is 69.7 Å². The van der Waals surface area contributed by atoms with Crippen molar-refractivity contribution in [2.24, 2.45) is 0 Å². The van der Waals surface area contributed by atoms with Gasteiger partial charge in [0.25, 0.3) is 5.91 Å². The van der Waals surface area contributed by atoms with E-state index in [-0.39, 0.29) is 5.91 Å². The van der Waals surface area contributed by atoms with E-state index in [4.69, 9.17) is 28.0 Å². The van der Waals surface area contributed by atoms with Crippen molar-refractivity contribution in [2.45, 2.75) is 19.0 Å². The van der Waals surface area contributed by atoms with Crippen LogP contribution in [0.15, 0.2) is 48.5 Å². The average molecular weight is 477 g/mol. The maximum atomic E-state index is 13.3. The third kappa shape index (κ3) is 4.59. The molecule has 3 amide bonds. The number of hydrogen-bond acceptors (Lipinski definition) is 6. The molecule has 2 heterocycles. The summed E-state index contributed by atoms with van der Waals surface area (Å²) in [5.74, 6) is -0.877. The first-order chi connectivity index (χ1) is 15.3. The lowest BCUT2D eigenvalue weighted by Crippen LogP contribution is -2.61. The Hall–Kier alpha value is -2.65. The summed E-state index contributed by atoms with van der Waals surface area (Å²) in [6.45, 7) is 2.77. The Bertz CT molecular complexity index is 964. The zero-order valence-electron chi connectivity index (χ0n) is 17.3. The number of amides is 3. The van der Waals surface area contributed by atoms with Crippen LogP contribution >= 0.6 is 23.2 Å². The molecule has 2 aromatic rings. The fourth-order valence-corrected chi connectivity index (χ4v) is 4.16. The van der Waals surface area contributed by atoms with Gasteiger partial charge in [0.2, 0.25) is 5.91 Å². The summed E-state index contributed by atoms with van der Waals surface area (Å²) in [6, 6.07) is 12.7. The number of nitrogens with one attached hydrogen (secondary N) is 1. The molecule has 0 aromatic heterocycles. The van der Waals surface area contributed by atoms with Gasteiger partial charge in [0.05, 0.1) is 12.7 Å². The van der Waals surface area contributed by atoms with Crippen molar-refractivity contribution in [1.82, 2.24) is 20.2 Å². The summed E-state index contributed by atoms with van der Waals surface area (Å²) in [5.41, 5.74) is 1.56. The number of rotatable bonds is 4. The molecule has 4 rings (SSSR count). The highest BCUT2D eigenvalue weighted by molar-refractivity contribution is 6.30. The van der Waals surface area contributed by atoms with Crippen molar-refractivity contribution in [3.63, 3.8) is 0 Å². The fraction of sp³-hybridized carbons (Fsp3) is 0.318. The number of carbonyl (C=O) groups is 3. The van der Waals surface area contributed by atoms with E-state index in [2.05, 4.69) is 5.32 Å². The zero-order valence-corrected chi connectivity index (χ0v) is 18.8. The van der Waals surface area contributed by atoms with Gasteiger partial charge in [-0.1, -0.05) is 47.5 Å². The molecule has 168 valence electrons. The third-order valence-electron chi connectivity index (χ3n) is 5.53. The van der Waals surface area contributed by atoms with Crippen molar-refractivity contribution in [3.8, 4) is 0 Å². The smallest absolute Gasteiger partial charge is 0.349 e. The Morgan fingerprint density at radius 3 is 2.09 bits per heavy atom. The number of nitrogens with zero attached hydrogens (tertiary/aromatic N) is 3. The van der Waals surface area contributed by atoms with Crippen LogP contribution in [-0.2, 0) is 14.4 Å². The van der Waals surface area contributed by atoms with E-state index in [1.165, 1.54) is 9.96 Å². The normalized spacial score (nSPS) is 19.7. The Morgan fingerprint density at radius 2 is 1.59 bits per heavy atom. The number of piperazine rings is 1. The van der Waals surface area contributed by atoms with Gasteiger partial charge < -0.3 is 15.1 Å². The molecule has 2 fully saturated rings. The number of benzene rings is 2. The first kappa shape index (κ1) is 22.5. The maximum Gasteiger partial charge on any atom is 0.436 e. The zero-order chi connectivity index (χ0) is 22.8. The second kappa shape index (κ2) is 9.46. The van der Waals surface area contributed by atoms with Crippen LogP contribution in [0.2, 0.25) is 10.0 Å². The van der Waals surface area contributed by atoms with E-state index < -0.39 is 30.6 Å². The Labute approximate surface area is 195 Å². The van der Waals surface area contributed by atoms with Gasteiger partial charge in [0.1, 0.15) is 12.6 Å². The van der Waals surface area contributed by atoms with E-state index in [0.29, 0.717) is 29.8 Å². The molecule has 8 nitrogen and oxygen atoms in total.